The van der Waals surface area contributed by atoms with Crippen molar-refractivity contribution in [1.82, 2.24) is 21.3 Å². The third kappa shape index (κ3) is 8.91. The molecule has 1 saturated heterocycles. The molecule has 0 saturated carbocycles. The number of hydrogen-bond acceptors (Lipinski definition) is 8. The highest BCUT2D eigenvalue weighted by Gasteiger charge is 2.41. The smallest absolute Gasteiger partial charge is 0.253 e. The molecular formula is C32H48N4O6. The Kier molecular flexibility index (Phi) is 11.0. The van der Waals surface area contributed by atoms with Crippen LogP contribution in [0.3, 0.4) is 0 Å². The molecule has 1 aliphatic heterocycles. The van der Waals surface area contributed by atoms with E-state index in [2.05, 4.69) is 21.3 Å². The lowest BCUT2D eigenvalue weighted by atomic mass is 9.96. The molecular weight excluding hydrogens is 536 g/mol. The van der Waals surface area contributed by atoms with Crippen LogP contribution in [0.25, 0.3) is 0 Å². The number of benzene rings is 2. The molecule has 0 aromatic heterocycles. The molecule has 2 atom stereocenters. The first-order valence-electron chi connectivity index (χ1n) is 14.3. The highest BCUT2D eigenvalue weighted by molar-refractivity contribution is 5.86. The number of nitrogens with one attached hydrogen (secondary N) is 4. The molecule has 1 fully saturated rings. The van der Waals surface area contributed by atoms with Crippen molar-refractivity contribution in [2.45, 2.75) is 77.0 Å². The van der Waals surface area contributed by atoms with E-state index in [1.807, 2.05) is 76.2 Å². The largest absolute Gasteiger partial charge is 0.496 e. The van der Waals surface area contributed by atoms with Crippen LogP contribution in [0, 0.1) is 0 Å². The number of carbonyl (C=O) groups excluding carboxylic acids is 2. The molecule has 1 aliphatic rings. The van der Waals surface area contributed by atoms with E-state index in [4.69, 9.17) is 18.9 Å². The van der Waals surface area contributed by atoms with Crippen LogP contribution < -0.4 is 30.7 Å². The van der Waals surface area contributed by atoms with Gasteiger partial charge in [0.05, 0.1) is 27.4 Å². The lowest BCUT2D eigenvalue weighted by molar-refractivity contribution is -0.150. The molecule has 232 valence electrons. The Morgan fingerprint density at radius 1 is 0.595 bits per heavy atom. The average Bonchev–Trinajstić information content (AvgIpc) is 2.94. The van der Waals surface area contributed by atoms with E-state index in [9.17, 15) is 9.59 Å². The van der Waals surface area contributed by atoms with Crippen LogP contribution in [0.15, 0.2) is 48.5 Å². The molecule has 2 amide bonds. The Labute approximate surface area is 250 Å². The molecule has 0 bridgehead atoms. The van der Waals surface area contributed by atoms with Gasteiger partial charge in [-0.25, -0.2) is 0 Å². The summed E-state index contributed by atoms with van der Waals surface area (Å²) in [5.74, 6) is 0.899. The maximum Gasteiger partial charge on any atom is 0.253 e. The Morgan fingerprint density at radius 2 is 0.952 bits per heavy atom. The first kappa shape index (κ1) is 33.3. The van der Waals surface area contributed by atoms with Gasteiger partial charge in [0.2, 0.25) is 0 Å². The number of carbonyl (C=O) groups is 2. The van der Waals surface area contributed by atoms with Crippen molar-refractivity contribution in [3.8, 4) is 11.5 Å². The lowest BCUT2D eigenvalue weighted by Crippen LogP contribution is -2.64. The van der Waals surface area contributed by atoms with Crippen LogP contribution in [-0.4, -0.2) is 74.5 Å². The first-order valence-corrected chi connectivity index (χ1v) is 14.3. The van der Waals surface area contributed by atoms with Gasteiger partial charge in [-0.05, 0) is 53.7 Å². The summed E-state index contributed by atoms with van der Waals surface area (Å²) in [6.45, 7) is 12.8. The molecule has 2 aromatic rings. The summed E-state index contributed by atoms with van der Waals surface area (Å²) in [6.07, 6.45) is 0. The van der Waals surface area contributed by atoms with Gasteiger partial charge in [0.1, 0.15) is 11.5 Å². The fourth-order valence-corrected chi connectivity index (χ4v) is 4.71. The predicted molar refractivity (Wildman–Crippen MR) is 163 cm³/mol. The highest BCUT2D eigenvalue weighted by Crippen LogP contribution is 2.24. The summed E-state index contributed by atoms with van der Waals surface area (Å²) < 4.78 is 23.5. The standard InChI is InChI=1S/C32H48N4O6/c1-29(2)19-33-21-32(6,42-18-24-14-10-12-16-26(24)40-8)28(38)36-30(3,4)20-34-22-31(5,27(37)35-29)41-17-23-13-9-11-15-25(23)39-7/h9-16,33-34H,17-22H2,1-8H3,(H,35,37)(H,36,38)/t31-,32+. The Hall–Kier alpha value is -3.18. The van der Waals surface area contributed by atoms with E-state index < -0.39 is 22.3 Å². The Balaban J connectivity index is 1.80. The molecule has 2 aromatic carbocycles. The lowest BCUT2D eigenvalue weighted by Gasteiger charge is -2.39. The van der Waals surface area contributed by atoms with E-state index in [0.717, 1.165) is 11.1 Å². The number of methoxy groups -OCH3 is 2. The minimum absolute atomic E-state index is 0.191. The van der Waals surface area contributed by atoms with Crippen molar-refractivity contribution in [3.05, 3.63) is 59.7 Å². The molecule has 4 N–H and O–H groups in total. The second kappa shape index (κ2) is 13.9. The molecule has 10 heteroatoms. The maximum absolute atomic E-state index is 13.7. The normalized spacial score (nSPS) is 25.0. The van der Waals surface area contributed by atoms with E-state index >= 15 is 0 Å². The second-order valence-electron chi connectivity index (χ2n) is 12.5. The van der Waals surface area contributed by atoms with Gasteiger partial charge in [0.25, 0.3) is 11.8 Å². The molecule has 1 heterocycles. The SMILES string of the molecule is COc1ccccc1CO[C@]1(C)CNCC(C)(C)NC(=O)[C@@](C)(OCc2ccccc2OC)CNCC(C)(C)NC1=O. The summed E-state index contributed by atoms with van der Waals surface area (Å²) >= 11 is 0. The van der Waals surface area contributed by atoms with Gasteiger partial charge in [-0.15, -0.1) is 0 Å². The monoisotopic (exact) mass is 584 g/mol. The highest BCUT2D eigenvalue weighted by atomic mass is 16.5. The summed E-state index contributed by atoms with van der Waals surface area (Å²) in [7, 11) is 3.22. The summed E-state index contributed by atoms with van der Waals surface area (Å²) in [6, 6.07) is 15.1. The quantitative estimate of drug-likeness (QED) is 0.374. The van der Waals surface area contributed by atoms with Gasteiger partial charge >= 0.3 is 0 Å². The van der Waals surface area contributed by atoms with Crippen molar-refractivity contribution in [1.29, 1.82) is 0 Å². The Bertz CT molecular complexity index is 1130. The fraction of sp³-hybridized carbons (Fsp3) is 0.562. The van der Waals surface area contributed by atoms with E-state index in [1.54, 1.807) is 28.1 Å². The van der Waals surface area contributed by atoms with Gasteiger partial charge in [0, 0.05) is 48.4 Å². The number of rotatable bonds is 8. The fourth-order valence-electron chi connectivity index (χ4n) is 4.71. The van der Waals surface area contributed by atoms with Crippen molar-refractivity contribution in [2.24, 2.45) is 0 Å². The van der Waals surface area contributed by atoms with Crippen LogP contribution >= 0.6 is 0 Å². The number of ether oxygens (including phenoxy) is 4. The third-order valence-electron chi connectivity index (χ3n) is 7.40. The van der Waals surface area contributed by atoms with Gasteiger partial charge in [-0.2, -0.15) is 0 Å². The predicted octanol–water partition coefficient (Wildman–Crippen LogP) is 2.94. The number of amides is 2. The average molecular weight is 585 g/mol. The molecule has 42 heavy (non-hydrogen) atoms. The second-order valence-corrected chi connectivity index (χ2v) is 12.5. The third-order valence-corrected chi connectivity index (χ3v) is 7.40. The minimum atomic E-state index is -1.20. The van der Waals surface area contributed by atoms with Crippen LogP contribution in [0.5, 0.6) is 11.5 Å². The molecule has 0 radical (unpaired) electrons. The van der Waals surface area contributed by atoms with E-state index in [1.165, 1.54) is 0 Å². The van der Waals surface area contributed by atoms with Crippen LogP contribution in [0.1, 0.15) is 52.7 Å². The number of para-hydroxylation sites is 2. The van der Waals surface area contributed by atoms with Crippen LogP contribution in [0.4, 0.5) is 0 Å². The topological polar surface area (TPSA) is 119 Å². The van der Waals surface area contributed by atoms with Gasteiger partial charge in [0.15, 0.2) is 11.2 Å². The zero-order chi connectivity index (χ0) is 31.0. The van der Waals surface area contributed by atoms with Gasteiger partial charge in [-0.3, -0.25) is 9.59 Å². The van der Waals surface area contributed by atoms with E-state index in [0.29, 0.717) is 24.6 Å². The summed E-state index contributed by atoms with van der Waals surface area (Å²) in [5.41, 5.74) is -2.03. The van der Waals surface area contributed by atoms with Gasteiger partial charge in [-0.1, -0.05) is 36.4 Å². The zero-order valence-corrected chi connectivity index (χ0v) is 26.3. The molecule has 3 rings (SSSR count). The summed E-state index contributed by atoms with van der Waals surface area (Å²) in [4.78, 5) is 27.4. The summed E-state index contributed by atoms with van der Waals surface area (Å²) in [5, 5.41) is 13.0. The van der Waals surface area contributed by atoms with Crippen LogP contribution in [0.2, 0.25) is 0 Å². The maximum atomic E-state index is 13.7. The van der Waals surface area contributed by atoms with Crippen molar-refractivity contribution < 1.29 is 28.5 Å². The first-order chi connectivity index (χ1) is 19.7. The molecule has 0 spiro atoms. The molecule has 0 unspecified atom stereocenters. The Morgan fingerprint density at radius 3 is 1.31 bits per heavy atom. The van der Waals surface area contributed by atoms with Crippen molar-refractivity contribution in [2.75, 3.05) is 40.4 Å². The molecule has 10 nitrogen and oxygen atoms in total. The van der Waals surface area contributed by atoms with E-state index in [-0.39, 0.29) is 38.1 Å². The molecule has 0 aliphatic carbocycles. The van der Waals surface area contributed by atoms with Crippen molar-refractivity contribution in [3.63, 3.8) is 0 Å². The van der Waals surface area contributed by atoms with Crippen molar-refractivity contribution >= 4 is 11.8 Å². The van der Waals surface area contributed by atoms with Gasteiger partial charge < -0.3 is 40.2 Å². The zero-order valence-electron chi connectivity index (χ0n) is 26.3. The van der Waals surface area contributed by atoms with Crippen LogP contribution in [-0.2, 0) is 32.3 Å². The number of hydrogen-bond donors (Lipinski definition) is 4. The minimum Gasteiger partial charge on any atom is -0.496 e.